The van der Waals surface area contributed by atoms with E-state index in [0.717, 1.165) is 61.6 Å². The molecule has 5 nitrogen and oxygen atoms in total. The Bertz CT molecular complexity index is 574. The summed E-state index contributed by atoms with van der Waals surface area (Å²) in [6, 6.07) is 6.44. The maximum Gasteiger partial charge on any atom is 0.108 e. The van der Waals surface area contributed by atoms with Crippen LogP contribution in [0.5, 0.6) is 0 Å². The van der Waals surface area contributed by atoms with E-state index in [4.69, 9.17) is 10.5 Å². The van der Waals surface area contributed by atoms with Gasteiger partial charge in [0.2, 0.25) is 0 Å². The zero-order chi connectivity index (χ0) is 13.9. The smallest absolute Gasteiger partial charge is 0.108 e. The minimum absolute atomic E-state index is 0.642. The third-order valence-electron chi connectivity index (χ3n) is 4.07. The fraction of sp³-hybridized carbons (Fsp3) is 0.533. The summed E-state index contributed by atoms with van der Waals surface area (Å²) in [6.07, 6.45) is 3.20. The molecule has 1 fully saturated rings. The minimum atomic E-state index is 0.642. The molecule has 3 rings (SSSR count). The molecule has 0 unspecified atom stereocenters. The molecule has 1 aliphatic heterocycles. The van der Waals surface area contributed by atoms with Crippen molar-refractivity contribution in [1.29, 1.82) is 0 Å². The number of nitrogens with one attached hydrogen (secondary N) is 1. The van der Waals surface area contributed by atoms with E-state index in [0.29, 0.717) is 6.04 Å². The maximum atomic E-state index is 5.78. The van der Waals surface area contributed by atoms with Crippen molar-refractivity contribution < 1.29 is 4.74 Å². The first-order valence-electron chi connectivity index (χ1n) is 7.24. The molecule has 1 aliphatic rings. The van der Waals surface area contributed by atoms with Gasteiger partial charge in [-0.2, -0.15) is 0 Å². The number of ether oxygens (including phenoxy) is 1. The number of benzene rings is 1. The Morgan fingerprint density at radius 3 is 3.00 bits per heavy atom. The predicted molar refractivity (Wildman–Crippen MR) is 80.7 cm³/mol. The Hall–Kier alpha value is -1.59. The number of nitrogen functional groups attached to an aromatic ring is 1. The van der Waals surface area contributed by atoms with Gasteiger partial charge in [0.05, 0.1) is 11.0 Å². The predicted octanol–water partition coefficient (Wildman–Crippen LogP) is 1.80. The first kappa shape index (κ1) is 13.4. The Labute approximate surface area is 119 Å². The monoisotopic (exact) mass is 274 g/mol. The van der Waals surface area contributed by atoms with Gasteiger partial charge in [0.1, 0.15) is 5.82 Å². The number of nitrogens with zero attached hydrogens (tertiary/aromatic N) is 2. The third-order valence-corrected chi connectivity index (χ3v) is 4.07. The van der Waals surface area contributed by atoms with Crippen LogP contribution in [0.15, 0.2) is 18.2 Å². The highest BCUT2D eigenvalue weighted by molar-refractivity contribution is 5.78. The maximum absolute atomic E-state index is 5.78. The van der Waals surface area contributed by atoms with Crippen molar-refractivity contribution in [2.45, 2.75) is 25.3 Å². The van der Waals surface area contributed by atoms with Gasteiger partial charge in [0, 0.05) is 37.9 Å². The molecule has 108 valence electrons. The number of fused-ring (bicyclic) bond motifs is 1. The second kappa shape index (κ2) is 5.81. The average Bonchev–Trinajstić information content (AvgIpc) is 2.87. The second-order valence-corrected chi connectivity index (χ2v) is 5.53. The number of aromatic nitrogens is 2. The Morgan fingerprint density at radius 1 is 1.40 bits per heavy atom. The summed E-state index contributed by atoms with van der Waals surface area (Å²) in [7, 11) is 2.19. The molecular formula is C15H22N4O. The fourth-order valence-electron chi connectivity index (χ4n) is 2.79. The highest BCUT2D eigenvalue weighted by atomic mass is 16.5. The lowest BCUT2D eigenvalue weighted by atomic mass is 10.1. The van der Waals surface area contributed by atoms with Crippen molar-refractivity contribution in [3.63, 3.8) is 0 Å². The molecule has 0 saturated carbocycles. The van der Waals surface area contributed by atoms with Crippen LogP contribution >= 0.6 is 0 Å². The molecule has 0 atom stereocenters. The van der Waals surface area contributed by atoms with Gasteiger partial charge in [0.15, 0.2) is 0 Å². The molecule has 1 saturated heterocycles. The van der Waals surface area contributed by atoms with Gasteiger partial charge < -0.3 is 20.4 Å². The zero-order valence-electron chi connectivity index (χ0n) is 11.9. The standard InChI is InChI=1S/C15H22N4O/c1-19(12-5-8-20-9-6-12)7-4-15-17-13-3-2-11(16)10-14(13)18-15/h2-3,10,12H,4-9,16H2,1H3,(H,17,18). The summed E-state index contributed by atoms with van der Waals surface area (Å²) in [5, 5.41) is 0. The van der Waals surface area contributed by atoms with Gasteiger partial charge >= 0.3 is 0 Å². The SMILES string of the molecule is CN(CCc1nc2ccc(N)cc2[nH]1)C1CCOCC1. The van der Waals surface area contributed by atoms with Gasteiger partial charge in [-0.15, -0.1) is 0 Å². The Kier molecular flexibility index (Phi) is 3.89. The lowest BCUT2D eigenvalue weighted by Crippen LogP contribution is -2.37. The molecule has 1 aromatic carbocycles. The lowest BCUT2D eigenvalue weighted by Gasteiger charge is -2.30. The molecule has 20 heavy (non-hydrogen) atoms. The van der Waals surface area contributed by atoms with E-state index in [2.05, 4.69) is 21.9 Å². The largest absolute Gasteiger partial charge is 0.399 e. The van der Waals surface area contributed by atoms with Crippen LogP contribution in [0, 0.1) is 0 Å². The quantitative estimate of drug-likeness (QED) is 0.834. The van der Waals surface area contributed by atoms with Crippen LogP contribution in [0.2, 0.25) is 0 Å². The van der Waals surface area contributed by atoms with Crippen molar-refractivity contribution in [3.05, 3.63) is 24.0 Å². The Balaban J connectivity index is 1.61. The number of likely N-dealkylation sites (N-methyl/N-ethyl adjacent to an activating group) is 1. The summed E-state index contributed by atoms with van der Waals surface area (Å²) >= 11 is 0. The number of anilines is 1. The fourth-order valence-corrected chi connectivity index (χ4v) is 2.79. The number of hydrogen-bond donors (Lipinski definition) is 2. The van der Waals surface area contributed by atoms with Crippen LogP contribution in [-0.4, -0.2) is 47.7 Å². The van der Waals surface area contributed by atoms with Crippen LogP contribution < -0.4 is 5.73 Å². The van der Waals surface area contributed by atoms with Gasteiger partial charge in [-0.05, 0) is 38.1 Å². The van der Waals surface area contributed by atoms with Crippen molar-refractivity contribution in [2.24, 2.45) is 0 Å². The topological polar surface area (TPSA) is 67.2 Å². The van der Waals surface area contributed by atoms with Crippen molar-refractivity contribution in [2.75, 3.05) is 32.5 Å². The van der Waals surface area contributed by atoms with E-state index in [1.54, 1.807) is 0 Å². The van der Waals surface area contributed by atoms with Crippen molar-refractivity contribution in [1.82, 2.24) is 14.9 Å². The summed E-state index contributed by atoms with van der Waals surface area (Å²) in [4.78, 5) is 10.4. The number of rotatable bonds is 4. The number of hydrogen-bond acceptors (Lipinski definition) is 4. The van der Waals surface area contributed by atoms with E-state index in [9.17, 15) is 0 Å². The number of aromatic amines is 1. The van der Waals surface area contributed by atoms with Crippen LogP contribution in [0.1, 0.15) is 18.7 Å². The van der Waals surface area contributed by atoms with Gasteiger partial charge in [0.25, 0.3) is 0 Å². The summed E-state index contributed by atoms with van der Waals surface area (Å²) in [6.45, 7) is 2.79. The normalized spacial score (nSPS) is 17.1. The number of H-pyrrole nitrogens is 1. The minimum Gasteiger partial charge on any atom is -0.399 e. The average molecular weight is 274 g/mol. The van der Waals surface area contributed by atoms with E-state index in [-0.39, 0.29) is 0 Å². The second-order valence-electron chi connectivity index (χ2n) is 5.53. The summed E-state index contributed by atoms with van der Waals surface area (Å²) < 4.78 is 5.41. The highest BCUT2D eigenvalue weighted by Gasteiger charge is 2.18. The molecule has 2 heterocycles. The molecule has 0 bridgehead atoms. The summed E-state index contributed by atoms with van der Waals surface area (Å²) in [5.41, 5.74) is 8.57. The van der Waals surface area contributed by atoms with Crippen LogP contribution in [-0.2, 0) is 11.2 Å². The number of imidazole rings is 1. The molecule has 2 aromatic rings. The third kappa shape index (κ3) is 2.94. The lowest BCUT2D eigenvalue weighted by molar-refractivity contribution is 0.0433. The molecular weight excluding hydrogens is 252 g/mol. The van der Waals surface area contributed by atoms with Gasteiger partial charge in [-0.3, -0.25) is 0 Å². The zero-order valence-corrected chi connectivity index (χ0v) is 11.9. The van der Waals surface area contributed by atoms with Crippen LogP contribution in [0.3, 0.4) is 0 Å². The van der Waals surface area contributed by atoms with Crippen molar-refractivity contribution >= 4 is 16.7 Å². The van der Waals surface area contributed by atoms with Gasteiger partial charge in [-0.25, -0.2) is 4.98 Å². The molecule has 0 spiro atoms. The van der Waals surface area contributed by atoms with Gasteiger partial charge in [-0.1, -0.05) is 0 Å². The highest BCUT2D eigenvalue weighted by Crippen LogP contribution is 2.16. The van der Waals surface area contributed by atoms with E-state index in [1.807, 2.05) is 18.2 Å². The molecule has 0 aliphatic carbocycles. The summed E-state index contributed by atoms with van der Waals surface area (Å²) in [5.74, 6) is 1.03. The first-order valence-corrected chi connectivity index (χ1v) is 7.24. The van der Waals surface area contributed by atoms with E-state index < -0.39 is 0 Å². The molecule has 0 amide bonds. The van der Waals surface area contributed by atoms with E-state index >= 15 is 0 Å². The van der Waals surface area contributed by atoms with E-state index in [1.165, 1.54) is 0 Å². The van der Waals surface area contributed by atoms with Crippen LogP contribution in [0.25, 0.3) is 11.0 Å². The first-order chi connectivity index (χ1) is 9.72. The number of nitrogens with two attached hydrogens (primary N) is 1. The molecule has 0 radical (unpaired) electrons. The molecule has 5 heteroatoms. The Morgan fingerprint density at radius 2 is 2.20 bits per heavy atom. The van der Waals surface area contributed by atoms with Crippen LogP contribution in [0.4, 0.5) is 5.69 Å². The molecule has 3 N–H and O–H groups in total. The van der Waals surface area contributed by atoms with Crippen molar-refractivity contribution in [3.8, 4) is 0 Å². The molecule has 1 aromatic heterocycles.